The van der Waals surface area contributed by atoms with Crippen molar-refractivity contribution in [2.24, 2.45) is 0 Å². The molecule has 0 atom stereocenters. The summed E-state index contributed by atoms with van der Waals surface area (Å²) < 4.78 is 2.38. The number of rotatable bonds is 1. The van der Waals surface area contributed by atoms with Crippen LogP contribution >= 0.6 is 0 Å². The van der Waals surface area contributed by atoms with Crippen LogP contribution in [0.15, 0.2) is 18.2 Å². The van der Waals surface area contributed by atoms with Crippen molar-refractivity contribution >= 4 is 16.7 Å². The van der Waals surface area contributed by atoms with Crippen LogP contribution in [0.4, 0.5) is 5.69 Å². The summed E-state index contributed by atoms with van der Waals surface area (Å²) in [5.74, 6) is 1.22. The number of benzene rings is 1. The van der Waals surface area contributed by atoms with Gasteiger partial charge in [0.2, 0.25) is 0 Å². The molecule has 1 saturated carbocycles. The summed E-state index contributed by atoms with van der Waals surface area (Å²) in [6.07, 6.45) is 5.25. The molecule has 2 aliphatic rings. The van der Waals surface area contributed by atoms with Crippen LogP contribution in [0.3, 0.4) is 0 Å². The molecule has 114 valence electrons. The summed E-state index contributed by atoms with van der Waals surface area (Å²) in [6.45, 7) is 7.38. The fourth-order valence-corrected chi connectivity index (χ4v) is 3.34. The number of nitrogens with two attached hydrogens (primary N) is 1. The second-order valence-corrected chi connectivity index (χ2v) is 5.80. The van der Waals surface area contributed by atoms with Gasteiger partial charge >= 0.3 is 0 Å². The third kappa shape index (κ3) is 2.64. The molecular formula is C17H26N4. The van der Waals surface area contributed by atoms with E-state index in [9.17, 15) is 0 Å². The van der Waals surface area contributed by atoms with Crippen LogP contribution in [0.2, 0.25) is 0 Å². The number of imidazole rings is 1. The number of hydrogen-bond donors (Lipinski definition) is 1. The van der Waals surface area contributed by atoms with Crippen molar-refractivity contribution in [3.63, 3.8) is 0 Å². The number of anilines is 1. The molecule has 4 nitrogen and oxygen atoms in total. The van der Waals surface area contributed by atoms with E-state index in [2.05, 4.69) is 15.5 Å². The smallest absolute Gasteiger partial charge is 0.111 e. The average Bonchev–Trinajstić information content (AvgIpc) is 2.66. The highest BCUT2D eigenvalue weighted by atomic mass is 15.2. The lowest BCUT2D eigenvalue weighted by Gasteiger charge is -2.36. The summed E-state index contributed by atoms with van der Waals surface area (Å²) >= 11 is 0. The van der Waals surface area contributed by atoms with Crippen molar-refractivity contribution in [2.75, 3.05) is 18.8 Å². The van der Waals surface area contributed by atoms with Gasteiger partial charge in [-0.2, -0.15) is 0 Å². The van der Waals surface area contributed by atoms with Crippen LogP contribution in [0, 0.1) is 0 Å². The number of fused-ring (bicyclic) bond motifs is 3. The Hall–Kier alpha value is -1.55. The number of nitrogen functional groups attached to an aromatic ring is 1. The molecule has 4 rings (SSSR count). The standard InChI is InChI=1S/C15H20N4.C2H6/c16-11-4-5-14-13(10-11)17-15-6-7-18(8-9-19(14)15)12-2-1-3-12;1-2/h4-5,10,12H,1-3,6-9,16H2;1-2H3. The molecule has 0 bridgehead atoms. The largest absolute Gasteiger partial charge is 0.399 e. The van der Waals surface area contributed by atoms with Crippen LogP contribution in [-0.2, 0) is 13.0 Å². The van der Waals surface area contributed by atoms with Crippen LogP contribution in [0.25, 0.3) is 11.0 Å². The first-order chi connectivity index (χ1) is 10.3. The van der Waals surface area contributed by atoms with E-state index < -0.39 is 0 Å². The molecule has 0 saturated heterocycles. The van der Waals surface area contributed by atoms with Gasteiger partial charge in [0.1, 0.15) is 5.82 Å². The van der Waals surface area contributed by atoms with E-state index in [0.29, 0.717) is 0 Å². The maximum atomic E-state index is 5.84. The first-order valence-electron chi connectivity index (χ1n) is 8.30. The van der Waals surface area contributed by atoms with Crippen molar-refractivity contribution in [3.05, 3.63) is 24.0 Å². The van der Waals surface area contributed by atoms with Crippen molar-refractivity contribution in [1.29, 1.82) is 0 Å². The molecule has 0 unspecified atom stereocenters. The predicted octanol–water partition coefficient (Wildman–Crippen LogP) is 3.06. The van der Waals surface area contributed by atoms with Gasteiger partial charge < -0.3 is 10.3 Å². The van der Waals surface area contributed by atoms with E-state index in [1.165, 1.54) is 30.6 Å². The van der Waals surface area contributed by atoms with Crippen molar-refractivity contribution in [3.8, 4) is 0 Å². The highest BCUT2D eigenvalue weighted by Crippen LogP contribution is 2.27. The Bertz CT molecular complexity index is 613. The van der Waals surface area contributed by atoms with Gasteiger partial charge in [-0.15, -0.1) is 0 Å². The molecule has 21 heavy (non-hydrogen) atoms. The van der Waals surface area contributed by atoms with E-state index in [1.54, 1.807) is 0 Å². The highest BCUT2D eigenvalue weighted by Gasteiger charge is 2.27. The summed E-state index contributed by atoms with van der Waals surface area (Å²) in [5.41, 5.74) is 8.93. The summed E-state index contributed by atoms with van der Waals surface area (Å²) in [4.78, 5) is 7.42. The average molecular weight is 286 g/mol. The van der Waals surface area contributed by atoms with Gasteiger partial charge in [-0.1, -0.05) is 20.3 Å². The normalized spacial score (nSPS) is 19.3. The molecule has 1 aromatic carbocycles. The molecule has 1 aliphatic carbocycles. The van der Waals surface area contributed by atoms with Gasteiger partial charge in [-0.3, -0.25) is 4.90 Å². The Morgan fingerprint density at radius 3 is 2.67 bits per heavy atom. The molecular weight excluding hydrogens is 260 g/mol. The Balaban J connectivity index is 0.000000636. The molecule has 1 aliphatic heterocycles. The first kappa shape index (κ1) is 14.4. The predicted molar refractivity (Wildman–Crippen MR) is 88.4 cm³/mol. The van der Waals surface area contributed by atoms with Gasteiger partial charge in [0.05, 0.1) is 11.0 Å². The van der Waals surface area contributed by atoms with E-state index in [4.69, 9.17) is 10.7 Å². The van der Waals surface area contributed by atoms with Crippen LogP contribution in [0.1, 0.15) is 38.9 Å². The van der Waals surface area contributed by atoms with Crippen LogP contribution < -0.4 is 5.73 Å². The second kappa shape index (κ2) is 6.06. The van der Waals surface area contributed by atoms with E-state index in [1.807, 2.05) is 26.0 Å². The lowest BCUT2D eigenvalue weighted by atomic mass is 9.91. The number of hydrogen-bond acceptors (Lipinski definition) is 3. The Kier molecular flexibility index (Phi) is 4.15. The molecule has 2 aromatic rings. The fourth-order valence-electron chi connectivity index (χ4n) is 3.34. The number of aromatic nitrogens is 2. The van der Waals surface area contributed by atoms with Crippen molar-refractivity contribution in [2.45, 2.75) is 52.1 Å². The second-order valence-electron chi connectivity index (χ2n) is 5.80. The highest BCUT2D eigenvalue weighted by molar-refractivity contribution is 5.79. The van der Waals surface area contributed by atoms with Gasteiger partial charge in [0.25, 0.3) is 0 Å². The fraction of sp³-hybridized carbons (Fsp3) is 0.588. The van der Waals surface area contributed by atoms with Gasteiger partial charge in [-0.05, 0) is 31.0 Å². The minimum atomic E-state index is 0.803. The zero-order chi connectivity index (χ0) is 14.8. The minimum Gasteiger partial charge on any atom is -0.399 e. The third-order valence-corrected chi connectivity index (χ3v) is 4.68. The Morgan fingerprint density at radius 2 is 1.95 bits per heavy atom. The molecule has 1 aromatic heterocycles. The van der Waals surface area contributed by atoms with Gasteiger partial charge in [0.15, 0.2) is 0 Å². The number of nitrogens with zero attached hydrogens (tertiary/aromatic N) is 3. The molecule has 2 heterocycles. The molecule has 4 heteroatoms. The maximum absolute atomic E-state index is 5.84. The van der Waals surface area contributed by atoms with Crippen LogP contribution in [0.5, 0.6) is 0 Å². The summed E-state index contributed by atoms with van der Waals surface area (Å²) in [5, 5.41) is 0. The Morgan fingerprint density at radius 1 is 1.14 bits per heavy atom. The Labute approximate surface area is 126 Å². The molecule has 0 radical (unpaired) electrons. The third-order valence-electron chi connectivity index (χ3n) is 4.68. The monoisotopic (exact) mass is 286 g/mol. The van der Waals surface area contributed by atoms with Crippen molar-refractivity contribution < 1.29 is 0 Å². The van der Waals surface area contributed by atoms with Crippen LogP contribution in [-0.4, -0.2) is 33.6 Å². The molecule has 0 amide bonds. The molecule has 0 spiro atoms. The van der Waals surface area contributed by atoms with Gasteiger partial charge in [0, 0.05) is 37.8 Å². The van der Waals surface area contributed by atoms with E-state index >= 15 is 0 Å². The van der Waals surface area contributed by atoms with E-state index in [0.717, 1.165) is 43.3 Å². The van der Waals surface area contributed by atoms with E-state index in [-0.39, 0.29) is 0 Å². The first-order valence-corrected chi connectivity index (χ1v) is 8.30. The molecule has 1 fully saturated rings. The minimum absolute atomic E-state index is 0.803. The zero-order valence-corrected chi connectivity index (χ0v) is 13.2. The SMILES string of the molecule is CC.Nc1ccc2c(c1)nc1n2CCN(C2CCC2)CC1. The zero-order valence-electron chi connectivity index (χ0n) is 13.2. The summed E-state index contributed by atoms with van der Waals surface area (Å²) in [7, 11) is 0. The summed E-state index contributed by atoms with van der Waals surface area (Å²) in [6, 6.07) is 6.92. The lowest BCUT2D eigenvalue weighted by Crippen LogP contribution is -2.41. The quantitative estimate of drug-likeness (QED) is 0.820. The van der Waals surface area contributed by atoms with Crippen molar-refractivity contribution in [1.82, 2.24) is 14.5 Å². The maximum Gasteiger partial charge on any atom is 0.111 e. The van der Waals surface area contributed by atoms with Gasteiger partial charge in [-0.25, -0.2) is 4.98 Å². The lowest BCUT2D eigenvalue weighted by molar-refractivity contribution is 0.130. The molecule has 2 N–H and O–H groups in total. The topological polar surface area (TPSA) is 47.1 Å².